The third-order valence-electron chi connectivity index (χ3n) is 2.66. The predicted octanol–water partition coefficient (Wildman–Crippen LogP) is 0.250. The molecule has 2 saturated heterocycles. The van der Waals surface area contributed by atoms with Crippen LogP contribution in [0.2, 0.25) is 0 Å². The molecule has 2 heterocycles. The van der Waals surface area contributed by atoms with Crippen LogP contribution < -0.4 is 0 Å². The average molecular weight is 263 g/mol. The zero-order chi connectivity index (χ0) is 13.1. The SMILES string of the molecule is CC(OC(=O)O[C@@H]1COC2CCOC21)O[N+](=O)[O-]. The molecule has 2 aliphatic rings. The molecule has 9 heteroatoms. The van der Waals surface area contributed by atoms with Crippen molar-refractivity contribution < 1.29 is 33.7 Å². The molecule has 102 valence electrons. The Morgan fingerprint density at radius 1 is 1.50 bits per heavy atom. The van der Waals surface area contributed by atoms with Crippen molar-refractivity contribution in [2.24, 2.45) is 0 Å². The third-order valence-corrected chi connectivity index (χ3v) is 2.66. The van der Waals surface area contributed by atoms with Gasteiger partial charge in [0.1, 0.15) is 6.10 Å². The van der Waals surface area contributed by atoms with E-state index >= 15 is 0 Å². The van der Waals surface area contributed by atoms with Gasteiger partial charge in [-0.1, -0.05) is 0 Å². The van der Waals surface area contributed by atoms with Gasteiger partial charge in [0, 0.05) is 6.61 Å². The molecule has 0 saturated carbocycles. The normalized spacial score (nSPS) is 31.5. The van der Waals surface area contributed by atoms with Crippen LogP contribution in [0.5, 0.6) is 0 Å². The smallest absolute Gasteiger partial charge is 0.426 e. The summed E-state index contributed by atoms with van der Waals surface area (Å²) in [5.74, 6) is 0. The van der Waals surface area contributed by atoms with Crippen LogP contribution in [0, 0.1) is 10.1 Å². The Bertz CT molecular complexity index is 335. The molecule has 0 spiro atoms. The van der Waals surface area contributed by atoms with E-state index in [1.54, 1.807) is 0 Å². The molecule has 3 unspecified atom stereocenters. The van der Waals surface area contributed by atoms with Crippen LogP contribution in [0.4, 0.5) is 4.79 Å². The number of carbonyl (C=O) groups excluding carboxylic acids is 1. The maximum Gasteiger partial charge on any atom is 0.510 e. The van der Waals surface area contributed by atoms with E-state index in [-0.39, 0.29) is 18.8 Å². The van der Waals surface area contributed by atoms with E-state index in [0.717, 1.165) is 6.42 Å². The van der Waals surface area contributed by atoms with Crippen LogP contribution >= 0.6 is 0 Å². The van der Waals surface area contributed by atoms with Gasteiger partial charge < -0.3 is 18.9 Å². The number of hydrogen-bond donors (Lipinski definition) is 0. The molecule has 2 fully saturated rings. The monoisotopic (exact) mass is 263 g/mol. The highest BCUT2D eigenvalue weighted by Gasteiger charge is 2.44. The molecule has 2 aliphatic heterocycles. The fourth-order valence-corrected chi connectivity index (χ4v) is 1.96. The van der Waals surface area contributed by atoms with Crippen molar-refractivity contribution in [1.29, 1.82) is 0 Å². The van der Waals surface area contributed by atoms with Gasteiger partial charge in [0.05, 0.1) is 12.7 Å². The Labute approximate surface area is 102 Å². The summed E-state index contributed by atoms with van der Waals surface area (Å²) >= 11 is 0. The Balaban J connectivity index is 1.75. The zero-order valence-electron chi connectivity index (χ0n) is 9.64. The summed E-state index contributed by atoms with van der Waals surface area (Å²) in [6, 6.07) is 0. The Hall–Kier alpha value is -1.61. The first-order valence-electron chi connectivity index (χ1n) is 5.48. The van der Waals surface area contributed by atoms with Crippen LogP contribution in [0.25, 0.3) is 0 Å². The summed E-state index contributed by atoms with van der Waals surface area (Å²) in [7, 11) is 0. The molecule has 4 atom stereocenters. The molecule has 0 aliphatic carbocycles. The zero-order valence-corrected chi connectivity index (χ0v) is 9.64. The van der Waals surface area contributed by atoms with Crippen molar-refractivity contribution in [2.45, 2.75) is 37.9 Å². The average Bonchev–Trinajstić information content (AvgIpc) is 2.81. The molecular weight excluding hydrogens is 250 g/mol. The van der Waals surface area contributed by atoms with Gasteiger partial charge in [-0.25, -0.2) is 4.79 Å². The fourth-order valence-electron chi connectivity index (χ4n) is 1.96. The second-order valence-electron chi connectivity index (χ2n) is 3.92. The second-order valence-corrected chi connectivity index (χ2v) is 3.92. The lowest BCUT2D eigenvalue weighted by atomic mass is 10.1. The van der Waals surface area contributed by atoms with Crippen LogP contribution in [0.1, 0.15) is 13.3 Å². The highest BCUT2D eigenvalue weighted by Crippen LogP contribution is 2.28. The molecule has 0 N–H and O–H groups in total. The van der Waals surface area contributed by atoms with E-state index in [4.69, 9.17) is 14.2 Å². The van der Waals surface area contributed by atoms with E-state index in [1.165, 1.54) is 6.92 Å². The van der Waals surface area contributed by atoms with E-state index in [9.17, 15) is 14.9 Å². The molecule has 2 rings (SSSR count). The summed E-state index contributed by atoms with van der Waals surface area (Å²) in [4.78, 5) is 25.3. The molecule has 0 aromatic heterocycles. The number of rotatable bonds is 4. The van der Waals surface area contributed by atoms with Gasteiger partial charge in [-0.05, 0) is 13.3 Å². The number of ether oxygens (including phenoxy) is 4. The minimum absolute atomic E-state index is 0.0600. The van der Waals surface area contributed by atoms with Crippen molar-refractivity contribution >= 4 is 6.16 Å². The second kappa shape index (κ2) is 5.36. The van der Waals surface area contributed by atoms with E-state index in [2.05, 4.69) is 9.57 Å². The first kappa shape index (κ1) is 12.8. The van der Waals surface area contributed by atoms with Crippen molar-refractivity contribution in [2.75, 3.05) is 13.2 Å². The standard InChI is InChI=1S/C9H13NO8/c1-5(18-10(12)13)16-9(11)17-7-4-15-6-2-3-14-8(6)7/h5-8H,2-4H2,1H3/t5?,6?,7-,8?/m1/s1. The summed E-state index contributed by atoms with van der Waals surface area (Å²) in [5, 5.41) is 8.95. The summed E-state index contributed by atoms with van der Waals surface area (Å²) < 4.78 is 20.2. The predicted molar refractivity (Wildman–Crippen MR) is 53.0 cm³/mol. The van der Waals surface area contributed by atoms with Gasteiger partial charge in [0.2, 0.25) is 6.29 Å². The van der Waals surface area contributed by atoms with Gasteiger partial charge in [0.15, 0.2) is 6.10 Å². The molecular formula is C9H13NO8. The Morgan fingerprint density at radius 3 is 3.00 bits per heavy atom. The molecule has 0 aromatic rings. The van der Waals surface area contributed by atoms with E-state index in [0.29, 0.717) is 6.61 Å². The highest BCUT2D eigenvalue weighted by molar-refractivity contribution is 5.60. The lowest BCUT2D eigenvalue weighted by molar-refractivity contribution is -0.777. The van der Waals surface area contributed by atoms with Gasteiger partial charge in [-0.2, -0.15) is 0 Å². The highest BCUT2D eigenvalue weighted by atomic mass is 17.0. The molecule has 0 bridgehead atoms. The number of carbonyl (C=O) groups is 1. The molecule has 0 aromatic carbocycles. The summed E-state index contributed by atoms with van der Waals surface area (Å²) in [6.07, 6.45) is -2.50. The maximum absolute atomic E-state index is 11.3. The van der Waals surface area contributed by atoms with Crippen LogP contribution in [0.3, 0.4) is 0 Å². The fraction of sp³-hybridized carbons (Fsp3) is 0.889. The maximum atomic E-state index is 11.3. The van der Waals surface area contributed by atoms with E-state index < -0.39 is 23.6 Å². The molecule has 0 amide bonds. The Morgan fingerprint density at radius 2 is 2.28 bits per heavy atom. The topological polar surface area (TPSA) is 106 Å². The first-order chi connectivity index (χ1) is 8.56. The quantitative estimate of drug-likeness (QED) is 0.307. The Kier molecular flexibility index (Phi) is 3.82. The summed E-state index contributed by atoms with van der Waals surface area (Å²) in [5.41, 5.74) is 0. The lowest BCUT2D eigenvalue weighted by Crippen LogP contribution is -2.33. The number of fused-ring (bicyclic) bond motifs is 1. The minimum Gasteiger partial charge on any atom is -0.426 e. The van der Waals surface area contributed by atoms with E-state index in [1.807, 2.05) is 0 Å². The van der Waals surface area contributed by atoms with Gasteiger partial charge >= 0.3 is 6.16 Å². The van der Waals surface area contributed by atoms with Gasteiger partial charge in [0.25, 0.3) is 5.09 Å². The lowest BCUT2D eigenvalue weighted by Gasteiger charge is -2.17. The van der Waals surface area contributed by atoms with Gasteiger partial charge in [-0.3, -0.25) is 4.84 Å². The minimum atomic E-state index is -1.32. The first-order valence-corrected chi connectivity index (χ1v) is 5.48. The van der Waals surface area contributed by atoms with Crippen LogP contribution in [-0.4, -0.2) is 49.1 Å². The van der Waals surface area contributed by atoms with Gasteiger partial charge in [-0.15, -0.1) is 10.1 Å². The van der Waals surface area contributed by atoms with Crippen molar-refractivity contribution in [1.82, 2.24) is 0 Å². The largest absolute Gasteiger partial charge is 0.510 e. The van der Waals surface area contributed by atoms with Crippen LogP contribution in [0.15, 0.2) is 0 Å². The number of hydrogen-bond acceptors (Lipinski definition) is 8. The van der Waals surface area contributed by atoms with Crippen molar-refractivity contribution in [3.63, 3.8) is 0 Å². The summed E-state index contributed by atoms with van der Waals surface area (Å²) in [6.45, 7) is 2.00. The van der Waals surface area contributed by atoms with Crippen LogP contribution in [-0.2, 0) is 23.8 Å². The third kappa shape index (κ3) is 2.99. The molecule has 9 nitrogen and oxygen atoms in total. The van der Waals surface area contributed by atoms with Crippen molar-refractivity contribution in [3.05, 3.63) is 10.1 Å². The van der Waals surface area contributed by atoms with Crippen molar-refractivity contribution in [3.8, 4) is 0 Å². The molecule has 0 radical (unpaired) electrons. The molecule has 18 heavy (non-hydrogen) atoms. The number of nitrogens with zero attached hydrogens (tertiary/aromatic N) is 1.